The number of carbonyl (C=O) groups excluding carboxylic acids is 1. The molecule has 1 amide bonds. The number of hydrogen-bond donors (Lipinski definition) is 1. The Bertz CT molecular complexity index is 700. The summed E-state index contributed by atoms with van der Waals surface area (Å²) in [5.74, 6) is -0.357. The van der Waals surface area contributed by atoms with Gasteiger partial charge in [0.05, 0.1) is 19.3 Å². The summed E-state index contributed by atoms with van der Waals surface area (Å²) in [7, 11) is 0. The van der Waals surface area contributed by atoms with E-state index in [2.05, 4.69) is 32.8 Å². The highest BCUT2D eigenvalue weighted by Gasteiger charge is 2.23. The van der Waals surface area contributed by atoms with E-state index in [0.29, 0.717) is 25.3 Å². The van der Waals surface area contributed by atoms with Gasteiger partial charge in [-0.15, -0.1) is 0 Å². The lowest BCUT2D eigenvalue weighted by molar-refractivity contribution is 0.0162. The molecule has 6 heteroatoms. The van der Waals surface area contributed by atoms with Crippen molar-refractivity contribution in [3.8, 4) is 0 Å². The fraction of sp³-hybridized carbons (Fsp3) is 0.316. The third-order valence-electron chi connectivity index (χ3n) is 4.30. The Morgan fingerprint density at radius 1 is 1.12 bits per heavy atom. The number of amides is 1. The SMILES string of the molecule is O=C(NCC(c1ccc(F)cc1)N1CCOCC1)c1ccc(I)cc1. The minimum Gasteiger partial charge on any atom is -0.379 e. The first-order chi connectivity index (χ1) is 12.1. The van der Waals surface area contributed by atoms with Crippen LogP contribution in [0.3, 0.4) is 0 Å². The van der Waals surface area contributed by atoms with E-state index in [1.54, 1.807) is 12.1 Å². The molecule has 25 heavy (non-hydrogen) atoms. The second-order valence-corrected chi connectivity index (χ2v) is 7.18. The molecule has 2 aromatic rings. The van der Waals surface area contributed by atoms with Crippen molar-refractivity contribution in [2.45, 2.75) is 6.04 Å². The van der Waals surface area contributed by atoms with E-state index in [1.807, 2.05) is 24.3 Å². The Hall–Kier alpha value is -1.51. The van der Waals surface area contributed by atoms with Crippen molar-refractivity contribution in [2.75, 3.05) is 32.8 Å². The summed E-state index contributed by atoms with van der Waals surface area (Å²) in [5, 5.41) is 3.01. The van der Waals surface area contributed by atoms with Gasteiger partial charge in [-0.1, -0.05) is 12.1 Å². The standard InChI is InChI=1S/C19H20FIN2O2/c20-16-5-1-14(2-6-16)18(23-9-11-25-12-10-23)13-22-19(24)15-3-7-17(21)8-4-15/h1-8,18H,9-13H2,(H,22,24). The van der Waals surface area contributed by atoms with Gasteiger partial charge in [0, 0.05) is 28.8 Å². The second-order valence-electron chi connectivity index (χ2n) is 5.93. The molecular formula is C19H20FIN2O2. The smallest absolute Gasteiger partial charge is 0.251 e. The van der Waals surface area contributed by atoms with E-state index in [9.17, 15) is 9.18 Å². The lowest BCUT2D eigenvalue weighted by Crippen LogP contribution is -2.43. The average Bonchev–Trinajstić information content (AvgIpc) is 2.64. The highest BCUT2D eigenvalue weighted by Crippen LogP contribution is 2.22. The third kappa shape index (κ3) is 4.99. The van der Waals surface area contributed by atoms with E-state index < -0.39 is 0 Å². The van der Waals surface area contributed by atoms with Gasteiger partial charge >= 0.3 is 0 Å². The molecule has 1 fully saturated rings. The quantitative estimate of drug-likeness (QED) is 0.706. The first-order valence-electron chi connectivity index (χ1n) is 8.24. The van der Waals surface area contributed by atoms with Crippen LogP contribution in [0.2, 0.25) is 0 Å². The predicted molar refractivity (Wildman–Crippen MR) is 103 cm³/mol. The number of benzene rings is 2. The molecule has 2 aromatic carbocycles. The van der Waals surface area contributed by atoms with Gasteiger partial charge in [-0.25, -0.2) is 4.39 Å². The molecule has 0 aromatic heterocycles. The summed E-state index contributed by atoms with van der Waals surface area (Å²) < 4.78 is 19.8. The van der Waals surface area contributed by atoms with E-state index >= 15 is 0 Å². The Morgan fingerprint density at radius 2 is 1.76 bits per heavy atom. The van der Waals surface area contributed by atoms with Gasteiger partial charge in [0.2, 0.25) is 0 Å². The number of nitrogens with one attached hydrogen (secondary N) is 1. The van der Waals surface area contributed by atoms with Crippen LogP contribution in [0.4, 0.5) is 4.39 Å². The molecule has 0 bridgehead atoms. The number of nitrogens with zero attached hydrogens (tertiary/aromatic N) is 1. The third-order valence-corrected chi connectivity index (χ3v) is 5.02. The largest absolute Gasteiger partial charge is 0.379 e. The van der Waals surface area contributed by atoms with Crippen molar-refractivity contribution in [2.24, 2.45) is 0 Å². The zero-order valence-electron chi connectivity index (χ0n) is 13.8. The molecule has 0 aliphatic carbocycles. The van der Waals surface area contributed by atoms with Crippen molar-refractivity contribution >= 4 is 28.5 Å². The van der Waals surface area contributed by atoms with Crippen LogP contribution in [0.1, 0.15) is 22.0 Å². The molecule has 1 heterocycles. The fourth-order valence-corrected chi connectivity index (χ4v) is 3.28. The number of morpholine rings is 1. The normalized spacial score (nSPS) is 16.4. The Labute approximate surface area is 160 Å². The molecule has 3 rings (SSSR count). The van der Waals surface area contributed by atoms with Gasteiger partial charge in [-0.2, -0.15) is 0 Å². The molecule has 0 saturated carbocycles. The first-order valence-corrected chi connectivity index (χ1v) is 9.32. The minimum atomic E-state index is -0.257. The Kier molecular flexibility index (Phi) is 6.39. The number of halogens is 2. The summed E-state index contributed by atoms with van der Waals surface area (Å²) in [6, 6.07) is 13.9. The van der Waals surface area contributed by atoms with Gasteiger partial charge in [-0.05, 0) is 64.6 Å². The van der Waals surface area contributed by atoms with Crippen LogP contribution in [-0.2, 0) is 4.74 Å². The van der Waals surface area contributed by atoms with Crippen LogP contribution in [-0.4, -0.2) is 43.7 Å². The average molecular weight is 454 g/mol. The zero-order valence-corrected chi connectivity index (χ0v) is 15.9. The summed E-state index contributed by atoms with van der Waals surface area (Å²) in [6.07, 6.45) is 0. The highest BCUT2D eigenvalue weighted by molar-refractivity contribution is 14.1. The van der Waals surface area contributed by atoms with E-state index in [0.717, 1.165) is 22.2 Å². The fourth-order valence-electron chi connectivity index (χ4n) is 2.92. The summed E-state index contributed by atoms with van der Waals surface area (Å²) >= 11 is 2.21. The highest BCUT2D eigenvalue weighted by atomic mass is 127. The maximum atomic E-state index is 13.3. The summed E-state index contributed by atoms with van der Waals surface area (Å²) in [5.41, 5.74) is 1.63. The predicted octanol–water partition coefficient (Wildman–Crippen LogP) is 3.23. The molecule has 0 spiro atoms. The van der Waals surface area contributed by atoms with E-state index in [4.69, 9.17) is 4.74 Å². The summed E-state index contributed by atoms with van der Waals surface area (Å²) in [6.45, 7) is 3.39. The van der Waals surface area contributed by atoms with Gasteiger partial charge in [0.1, 0.15) is 5.82 Å². The molecule has 0 radical (unpaired) electrons. The van der Waals surface area contributed by atoms with Crippen LogP contribution >= 0.6 is 22.6 Å². The van der Waals surface area contributed by atoms with E-state index in [-0.39, 0.29) is 17.8 Å². The van der Waals surface area contributed by atoms with Gasteiger partial charge in [-0.3, -0.25) is 9.69 Å². The molecule has 1 saturated heterocycles. The summed E-state index contributed by atoms with van der Waals surface area (Å²) in [4.78, 5) is 14.7. The van der Waals surface area contributed by atoms with Crippen LogP contribution in [0.15, 0.2) is 48.5 Å². The number of rotatable bonds is 5. The molecule has 1 atom stereocenters. The van der Waals surface area contributed by atoms with Gasteiger partial charge in [0.25, 0.3) is 5.91 Å². The molecule has 132 valence electrons. The van der Waals surface area contributed by atoms with Crippen LogP contribution in [0, 0.1) is 9.39 Å². The molecule has 1 aliphatic rings. The molecule has 1 N–H and O–H groups in total. The van der Waals surface area contributed by atoms with Crippen molar-refractivity contribution in [3.63, 3.8) is 0 Å². The first kappa shape index (κ1) is 18.3. The Morgan fingerprint density at radius 3 is 2.40 bits per heavy atom. The number of carbonyl (C=O) groups is 1. The zero-order chi connectivity index (χ0) is 17.6. The van der Waals surface area contributed by atoms with Crippen LogP contribution in [0.5, 0.6) is 0 Å². The topological polar surface area (TPSA) is 41.6 Å². The molecule has 1 aliphatic heterocycles. The van der Waals surface area contributed by atoms with Crippen molar-refractivity contribution in [1.82, 2.24) is 10.2 Å². The number of hydrogen-bond acceptors (Lipinski definition) is 3. The maximum Gasteiger partial charge on any atom is 0.251 e. The molecular weight excluding hydrogens is 434 g/mol. The minimum absolute atomic E-state index is 0.00250. The van der Waals surface area contributed by atoms with Crippen LogP contribution < -0.4 is 5.32 Å². The lowest BCUT2D eigenvalue weighted by atomic mass is 10.0. The molecule has 4 nitrogen and oxygen atoms in total. The maximum absolute atomic E-state index is 13.3. The van der Waals surface area contributed by atoms with Crippen molar-refractivity contribution in [3.05, 3.63) is 69.0 Å². The Balaban J connectivity index is 1.71. The monoisotopic (exact) mass is 454 g/mol. The van der Waals surface area contributed by atoms with Crippen molar-refractivity contribution < 1.29 is 13.9 Å². The second kappa shape index (κ2) is 8.73. The molecule has 1 unspecified atom stereocenters. The van der Waals surface area contributed by atoms with Crippen molar-refractivity contribution in [1.29, 1.82) is 0 Å². The van der Waals surface area contributed by atoms with Gasteiger partial charge in [0.15, 0.2) is 0 Å². The van der Waals surface area contributed by atoms with Gasteiger partial charge < -0.3 is 10.1 Å². The number of ether oxygens (including phenoxy) is 1. The lowest BCUT2D eigenvalue weighted by Gasteiger charge is -2.35. The van der Waals surface area contributed by atoms with E-state index in [1.165, 1.54) is 12.1 Å². The van der Waals surface area contributed by atoms with Crippen LogP contribution in [0.25, 0.3) is 0 Å².